The van der Waals surface area contributed by atoms with E-state index in [1.54, 1.807) is 0 Å². The highest BCUT2D eigenvalue weighted by atomic mass is 35.5. The quantitative estimate of drug-likeness (QED) is 0.836. The molecule has 1 aromatic rings. The molecule has 0 spiro atoms. The van der Waals surface area contributed by atoms with E-state index in [1.807, 2.05) is 13.8 Å². The molecule has 104 valence electrons. The molecule has 1 fully saturated rings. The predicted octanol–water partition coefficient (Wildman–Crippen LogP) is 1.03. The van der Waals surface area contributed by atoms with Gasteiger partial charge >= 0.3 is 5.97 Å². The van der Waals surface area contributed by atoms with Crippen molar-refractivity contribution in [1.29, 1.82) is 0 Å². The van der Waals surface area contributed by atoms with Gasteiger partial charge in [-0.2, -0.15) is 0 Å². The lowest BCUT2D eigenvalue weighted by Crippen LogP contribution is -2.31. The van der Waals surface area contributed by atoms with Crippen LogP contribution in [0.3, 0.4) is 0 Å². The highest BCUT2D eigenvalue weighted by molar-refractivity contribution is 6.30. The van der Waals surface area contributed by atoms with Crippen LogP contribution in [-0.4, -0.2) is 41.7 Å². The van der Waals surface area contributed by atoms with E-state index in [1.165, 1.54) is 7.11 Å². The minimum atomic E-state index is -0.340. The Labute approximate surface area is 116 Å². The molecule has 0 aliphatic carbocycles. The third-order valence-corrected chi connectivity index (χ3v) is 3.34. The molecule has 6 nitrogen and oxygen atoms in total. The molecule has 0 amide bonds. The predicted molar refractivity (Wildman–Crippen MR) is 69.4 cm³/mol. The summed E-state index contributed by atoms with van der Waals surface area (Å²) < 4.78 is 10.4. The minimum absolute atomic E-state index is 0.169. The third kappa shape index (κ3) is 3.13. The van der Waals surface area contributed by atoms with Crippen molar-refractivity contribution in [3.8, 4) is 5.88 Å². The Hall–Kier alpha value is -1.40. The number of ether oxygens (including phenoxy) is 2. The van der Waals surface area contributed by atoms with Gasteiger partial charge in [0.2, 0.25) is 0 Å². The number of halogens is 1. The summed E-state index contributed by atoms with van der Waals surface area (Å²) in [6, 6.07) is -0.340. The van der Waals surface area contributed by atoms with Crippen molar-refractivity contribution in [3.05, 3.63) is 16.5 Å². The lowest BCUT2D eigenvalue weighted by Gasteiger charge is -2.13. The molecular formula is C12H16ClN3O3. The van der Waals surface area contributed by atoms with Gasteiger partial charge in [0.1, 0.15) is 12.1 Å². The van der Waals surface area contributed by atoms with Crippen molar-refractivity contribution >= 4 is 17.6 Å². The van der Waals surface area contributed by atoms with Gasteiger partial charge in [0.15, 0.2) is 5.15 Å². The number of methoxy groups -OCH3 is 1. The molecule has 1 aliphatic rings. The zero-order valence-corrected chi connectivity index (χ0v) is 11.8. The number of rotatable bonds is 3. The normalized spacial score (nSPS) is 22.3. The van der Waals surface area contributed by atoms with E-state index in [2.05, 4.69) is 20.0 Å². The lowest BCUT2D eigenvalue weighted by molar-refractivity contribution is -0.142. The Balaban J connectivity index is 2.03. The Kier molecular flexibility index (Phi) is 4.21. The Morgan fingerprint density at radius 3 is 2.74 bits per heavy atom. The smallest absolute Gasteiger partial charge is 0.323 e. The second-order valence-electron chi connectivity index (χ2n) is 4.45. The van der Waals surface area contributed by atoms with Gasteiger partial charge in [-0.15, -0.1) is 0 Å². The van der Waals surface area contributed by atoms with Gasteiger partial charge in [-0.3, -0.25) is 4.79 Å². The summed E-state index contributed by atoms with van der Waals surface area (Å²) in [5, 5.41) is 3.27. The van der Waals surface area contributed by atoms with Crippen LogP contribution in [0.1, 0.15) is 17.8 Å². The van der Waals surface area contributed by atoms with E-state index in [9.17, 15) is 4.79 Å². The average molecular weight is 286 g/mol. The molecule has 0 aromatic carbocycles. The SMILES string of the molecule is COC(=O)C1CC(Oc2nc(C)c(C)nc2Cl)CN1. The Morgan fingerprint density at radius 1 is 1.37 bits per heavy atom. The van der Waals surface area contributed by atoms with Crippen LogP contribution < -0.4 is 10.1 Å². The van der Waals surface area contributed by atoms with Gasteiger partial charge < -0.3 is 14.8 Å². The Morgan fingerprint density at radius 2 is 2.05 bits per heavy atom. The molecule has 0 saturated carbocycles. The summed E-state index contributed by atoms with van der Waals surface area (Å²) in [5.74, 6) is 0.0189. The van der Waals surface area contributed by atoms with Crippen LogP contribution in [0.15, 0.2) is 0 Å². The van der Waals surface area contributed by atoms with Gasteiger partial charge in [-0.25, -0.2) is 9.97 Å². The highest BCUT2D eigenvalue weighted by Crippen LogP contribution is 2.24. The summed E-state index contributed by atoms with van der Waals surface area (Å²) in [6.07, 6.45) is 0.357. The molecule has 7 heteroatoms. The molecular weight excluding hydrogens is 270 g/mol. The number of aromatic nitrogens is 2. The van der Waals surface area contributed by atoms with Crippen LogP contribution in [0.25, 0.3) is 0 Å². The van der Waals surface area contributed by atoms with Gasteiger partial charge in [0.05, 0.1) is 18.5 Å². The zero-order valence-electron chi connectivity index (χ0n) is 11.1. The van der Waals surface area contributed by atoms with Crippen molar-refractivity contribution in [2.75, 3.05) is 13.7 Å². The standard InChI is InChI=1S/C12H16ClN3O3/c1-6-7(2)16-11(10(13)15-6)19-8-4-9(14-5-8)12(17)18-3/h8-9,14H,4-5H2,1-3H3. The van der Waals surface area contributed by atoms with Crippen LogP contribution in [0, 0.1) is 13.8 Å². The number of nitrogens with zero attached hydrogens (tertiary/aromatic N) is 2. The van der Waals surface area contributed by atoms with Crippen molar-refractivity contribution in [3.63, 3.8) is 0 Å². The molecule has 1 saturated heterocycles. The first kappa shape index (κ1) is 14.0. The van der Waals surface area contributed by atoms with Crippen molar-refractivity contribution in [2.24, 2.45) is 0 Å². The van der Waals surface area contributed by atoms with Gasteiger partial charge in [-0.05, 0) is 13.8 Å². The second kappa shape index (κ2) is 5.71. The van der Waals surface area contributed by atoms with Crippen molar-refractivity contribution in [2.45, 2.75) is 32.4 Å². The first-order valence-electron chi connectivity index (χ1n) is 6.00. The van der Waals surface area contributed by atoms with E-state index in [-0.39, 0.29) is 23.3 Å². The maximum atomic E-state index is 11.4. The number of hydrogen-bond acceptors (Lipinski definition) is 6. The minimum Gasteiger partial charge on any atom is -0.471 e. The molecule has 2 atom stereocenters. The second-order valence-corrected chi connectivity index (χ2v) is 4.81. The number of carbonyl (C=O) groups is 1. The maximum Gasteiger partial charge on any atom is 0.323 e. The number of esters is 1. The van der Waals surface area contributed by atoms with E-state index >= 15 is 0 Å². The van der Waals surface area contributed by atoms with E-state index < -0.39 is 0 Å². The summed E-state index contributed by atoms with van der Waals surface area (Å²) in [6.45, 7) is 4.22. The maximum absolute atomic E-state index is 11.4. The monoisotopic (exact) mass is 285 g/mol. The molecule has 0 radical (unpaired) electrons. The van der Waals surface area contributed by atoms with Gasteiger partial charge in [0.25, 0.3) is 5.88 Å². The first-order chi connectivity index (χ1) is 9.01. The zero-order chi connectivity index (χ0) is 14.0. The fourth-order valence-electron chi connectivity index (χ4n) is 1.90. The topological polar surface area (TPSA) is 73.3 Å². The van der Waals surface area contributed by atoms with Gasteiger partial charge in [0, 0.05) is 13.0 Å². The first-order valence-corrected chi connectivity index (χ1v) is 6.37. The summed E-state index contributed by atoms with van der Waals surface area (Å²) in [7, 11) is 1.36. The van der Waals surface area contributed by atoms with E-state index in [0.29, 0.717) is 18.8 Å². The molecule has 2 heterocycles. The molecule has 1 aromatic heterocycles. The van der Waals surface area contributed by atoms with Crippen LogP contribution in [0.2, 0.25) is 5.15 Å². The fourth-order valence-corrected chi connectivity index (χ4v) is 2.12. The number of nitrogens with one attached hydrogen (secondary N) is 1. The lowest BCUT2D eigenvalue weighted by atomic mass is 10.2. The molecule has 1 N–H and O–H groups in total. The molecule has 2 rings (SSSR count). The number of hydrogen-bond donors (Lipinski definition) is 1. The third-order valence-electron chi connectivity index (χ3n) is 3.09. The van der Waals surface area contributed by atoms with Crippen molar-refractivity contribution < 1.29 is 14.3 Å². The molecule has 0 bridgehead atoms. The average Bonchev–Trinajstić information content (AvgIpc) is 2.83. The van der Waals surface area contributed by atoms with Crippen LogP contribution in [-0.2, 0) is 9.53 Å². The van der Waals surface area contributed by atoms with Crippen molar-refractivity contribution in [1.82, 2.24) is 15.3 Å². The molecule has 1 aliphatic heterocycles. The van der Waals surface area contributed by atoms with E-state index in [4.69, 9.17) is 16.3 Å². The summed E-state index contributed by atoms with van der Waals surface area (Å²) in [4.78, 5) is 19.8. The Bertz CT molecular complexity index is 495. The highest BCUT2D eigenvalue weighted by Gasteiger charge is 2.32. The molecule has 2 unspecified atom stereocenters. The van der Waals surface area contributed by atoms with Crippen LogP contribution in [0.5, 0.6) is 5.88 Å². The summed E-state index contributed by atoms with van der Waals surface area (Å²) in [5.41, 5.74) is 1.55. The van der Waals surface area contributed by atoms with E-state index in [0.717, 1.165) is 11.4 Å². The number of carbonyl (C=O) groups excluding carboxylic acids is 1. The fraction of sp³-hybridized carbons (Fsp3) is 0.583. The van der Waals surface area contributed by atoms with Gasteiger partial charge in [-0.1, -0.05) is 11.6 Å². The molecule has 19 heavy (non-hydrogen) atoms. The summed E-state index contributed by atoms with van der Waals surface area (Å²) >= 11 is 6.00. The van der Waals surface area contributed by atoms with Crippen LogP contribution >= 0.6 is 11.6 Å². The largest absolute Gasteiger partial charge is 0.471 e. The van der Waals surface area contributed by atoms with Crippen LogP contribution in [0.4, 0.5) is 0 Å². The number of aryl methyl sites for hydroxylation is 2.